The van der Waals surface area contributed by atoms with Gasteiger partial charge in [-0.1, -0.05) is 0 Å². The van der Waals surface area contributed by atoms with Gasteiger partial charge in [-0.15, -0.1) is 0 Å². The molecule has 2 aromatic rings. The standard InChI is InChI=1S/C11H7Br2F2NO4S/c12-7-1-5(14)2-8(15)10(7)16-21(18,19)9-3-6(4-17)20-11(9)13/h1-3,16-17H,4H2. The Morgan fingerprint density at radius 3 is 2.43 bits per heavy atom. The average Bonchev–Trinajstić information content (AvgIpc) is 2.76. The lowest BCUT2D eigenvalue weighted by atomic mass is 10.3. The van der Waals surface area contributed by atoms with Gasteiger partial charge in [0.15, 0.2) is 10.5 Å². The summed E-state index contributed by atoms with van der Waals surface area (Å²) in [6.07, 6.45) is 0. The fraction of sp³-hybridized carbons (Fsp3) is 0.0909. The van der Waals surface area contributed by atoms with Gasteiger partial charge < -0.3 is 9.52 Å². The van der Waals surface area contributed by atoms with Crippen molar-refractivity contribution in [1.29, 1.82) is 0 Å². The highest BCUT2D eigenvalue weighted by Gasteiger charge is 2.25. The number of nitrogens with one attached hydrogen (secondary N) is 1. The second-order valence-electron chi connectivity index (χ2n) is 3.86. The summed E-state index contributed by atoms with van der Waals surface area (Å²) in [5, 5.41) is 8.91. The largest absolute Gasteiger partial charge is 0.450 e. The summed E-state index contributed by atoms with van der Waals surface area (Å²) in [5.74, 6) is -1.91. The quantitative estimate of drug-likeness (QED) is 0.754. The van der Waals surface area contributed by atoms with Crippen LogP contribution in [0.1, 0.15) is 5.76 Å². The van der Waals surface area contributed by atoms with E-state index in [1.807, 2.05) is 4.72 Å². The van der Waals surface area contributed by atoms with Crippen LogP contribution in [-0.2, 0) is 16.6 Å². The van der Waals surface area contributed by atoms with E-state index in [4.69, 9.17) is 9.52 Å². The minimum atomic E-state index is -4.19. The molecular weight excluding hydrogens is 440 g/mol. The first kappa shape index (κ1) is 16.4. The summed E-state index contributed by atoms with van der Waals surface area (Å²) in [6.45, 7) is -0.497. The van der Waals surface area contributed by atoms with Crippen LogP contribution in [0.25, 0.3) is 0 Å². The van der Waals surface area contributed by atoms with Gasteiger partial charge in [-0.2, -0.15) is 0 Å². The van der Waals surface area contributed by atoms with Crippen molar-refractivity contribution in [2.24, 2.45) is 0 Å². The smallest absolute Gasteiger partial charge is 0.266 e. The number of sulfonamides is 1. The SMILES string of the molecule is O=S(=O)(Nc1c(F)cc(F)cc1Br)c1cc(CO)oc1Br. The minimum absolute atomic E-state index is 0.0147. The second kappa shape index (κ2) is 6.03. The molecule has 2 rings (SSSR count). The third-order valence-corrected chi connectivity index (χ3v) is 5.23. The lowest BCUT2D eigenvalue weighted by Crippen LogP contribution is -2.14. The van der Waals surface area contributed by atoms with Crippen LogP contribution in [0.4, 0.5) is 14.5 Å². The summed E-state index contributed by atoms with van der Waals surface area (Å²) in [7, 11) is -4.19. The number of aliphatic hydroxyl groups excluding tert-OH is 1. The maximum absolute atomic E-state index is 13.7. The molecular formula is C11H7Br2F2NO4S. The van der Waals surface area contributed by atoms with Gasteiger partial charge in [0.25, 0.3) is 10.0 Å². The first-order valence-corrected chi connectivity index (χ1v) is 8.38. The van der Waals surface area contributed by atoms with E-state index in [9.17, 15) is 17.2 Å². The van der Waals surface area contributed by atoms with E-state index < -0.39 is 34.0 Å². The van der Waals surface area contributed by atoms with E-state index >= 15 is 0 Å². The Labute approximate surface area is 135 Å². The molecule has 21 heavy (non-hydrogen) atoms. The highest BCUT2D eigenvalue weighted by atomic mass is 79.9. The van der Waals surface area contributed by atoms with E-state index in [0.717, 1.165) is 12.1 Å². The summed E-state index contributed by atoms with van der Waals surface area (Å²) < 4.78 is 57.7. The molecule has 0 saturated carbocycles. The van der Waals surface area contributed by atoms with E-state index in [1.54, 1.807) is 0 Å². The third kappa shape index (κ3) is 3.44. The third-order valence-electron chi connectivity index (χ3n) is 2.40. The highest BCUT2D eigenvalue weighted by Crippen LogP contribution is 2.32. The zero-order valence-corrected chi connectivity index (χ0v) is 14.0. The Hall–Kier alpha value is -0.970. The van der Waals surface area contributed by atoms with Gasteiger partial charge in [-0.05, 0) is 37.9 Å². The van der Waals surface area contributed by atoms with Crippen molar-refractivity contribution in [3.05, 3.63) is 44.7 Å². The summed E-state index contributed by atoms with van der Waals surface area (Å²) in [5.41, 5.74) is -0.435. The molecule has 5 nitrogen and oxygen atoms in total. The van der Waals surface area contributed by atoms with Crippen molar-refractivity contribution in [3.8, 4) is 0 Å². The van der Waals surface area contributed by atoms with Gasteiger partial charge >= 0.3 is 0 Å². The Balaban J connectivity index is 2.44. The molecule has 2 N–H and O–H groups in total. The van der Waals surface area contributed by atoms with Gasteiger partial charge in [0.05, 0.1) is 5.69 Å². The molecule has 10 heteroatoms. The number of furan rings is 1. The maximum atomic E-state index is 13.7. The number of halogens is 4. The predicted octanol–water partition coefficient (Wildman–Crippen LogP) is 3.38. The maximum Gasteiger partial charge on any atom is 0.266 e. The van der Waals surface area contributed by atoms with Crippen LogP contribution in [0.3, 0.4) is 0 Å². The molecule has 0 amide bonds. The Morgan fingerprint density at radius 1 is 1.24 bits per heavy atom. The molecule has 1 aromatic carbocycles. The monoisotopic (exact) mass is 445 g/mol. The molecule has 114 valence electrons. The van der Waals surface area contributed by atoms with Crippen molar-refractivity contribution >= 4 is 47.6 Å². The highest BCUT2D eigenvalue weighted by molar-refractivity contribution is 9.10. The molecule has 0 aliphatic heterocycles. The van der Waals surface area contributed by atoms with Gasteiger partial charge in [0, 0.05) is 16.6 Å². The van der Waals surface area contributed by atoms with Crippen molar-refractivity contribution in [1.82, 2.24) is 0 Å². The lowest BCUT2D eigenvalue weighted by molar-refractivity contribution is 0.245. The number of rotatable bonds is 4. The fourth-order valence-electron chi connectivity index (χ4n) is 1.49. The molecule has 0 aliphatic carbocycles. The van der Waals surface area contributed by atoms with Crippen LogP contribution in [0.15, 0.2) is 36.7 Å². The first-order chi connectivity index (χ1) is 9.74. The second-order valence-corrected chi connectivity index (χ2v) is 7.08. The Bertz CT molecular complexity index is 769. The van der Waals surface area contributed by atoms with E-state index in [-0.39, 0.29) is 19.8 Å². The molecule has 1 heterocycles. The zero-order chi connectivity index (χ0) is 15.8. The van der Waals surface area contributed by atoms with Crippen LogP contribution in [-0.4, -0.2) is 13.5 Å². The van der Waals surface area contributed by atoms with Crippen molar-refractivity contribution in [2.45, 2.75) is 11.5 Å². The topological polar surface area (TPSA) is 79.5 Å². The van der Waals surface area contributed by atoms with Crippen molar-refractivity contribution < 1.29 is 26.7 Å². The molecule has 0 bridgehead atoms. The van der Waals surface area contributed by atoms with Gasteiger partial charge in [0.2, 0.25) is 0 Å². The molecule has 0 saturated heterocycles. The predicted molar refractivity (Wildman–Crippen MR) is 77.2 cm³/mol. The minimum Gasteiger partial charge on any atom is -0.450 e. The van der Waals surface area contributed by atoms with Gasteiger partial charge in [0.1, 0.15) is 23.1 Å². The van der Waals surface area contributed by atoms with Gasteiger partial charge in [-0.25, -0.2) is 17.2 Å². The zero-order valence-electron chi connectivity index (χ0n) is 10.0. The molecule has 1 aromatic heterocycles. The van der Waals surface area contributed by atoms with Crippen molar-refractivity contribution in [3.63, 3.8) is 0 Å². The van der Waals surface area contributed by atoms with E-state index in [2.05, 4.69) is 31.9 Å². The number of hydrogen-bond donors (Lipinski definition) is 2. The lowest BCUT2D eigenvalue weighted by Gasteiger charge is -2.09. The average molecular weight is 447 g/mol. The van der Waals surface area contributed by atoms with E-state index in [0.29, 0.717) is 6.07 Å². The molecule has 0 spiro atoms. The van der Waals surface area contributed by atoms with E-state index in [1.165, 1.54) is 0 Å². The molecule has 0 unspecified atom stereocenters. The number of hydrogen-bond acceptors (Lipinski definition) is 4. The number of aliphatic hydroxyl groups is 1. The van der Waals surface area contributed by atoms with Gasteiger partial charge in [-0.3, -0.25) is 4.72 Å². The van der Waals surface area contributed by atoms with Crippen LogP contribution < -0.4 is 4.72 Å². The Kier molecular flexibility index (Phi) is 4.71. The normalized spacial score (nSPS) is 11.7. The summed E-state index contributed by atoms with van der Waals surface area (Å²) in [4.78, 5) is -0.317. The molecule has 0 aliphatic rings. The van der Waals surface area contributed by atoms with Crippen molar-refractivity contribution in [2.75, 3.05) is 4.72 Å². The number of anilines is 1. The molecule has 0 atom stereocenters. The van der Waals surface area contributed by atoms with Crippen LogP contribution in [0, 0.1) is 11.6 Å². The molecule has 0 fully saturated rings. The summed E-state index contributed by atoms with van der Waals surface area (Å²) >= 11 is 5.77. The summed E-state index contributed by atoms with van der Waals surface area (Å²) in [6, 6.07) is 2.55. The van der Waals surface area contributed by atoms with Crippen LogP contribution >= 0.6 is 31.9 Å². The number of benzene rings is 1. The van der Waals surface area contributed by atoms with Crippen LogP contribution in [0.5, 0.6) is 0 Å². The fourth-order valence-corrected chi connectivity index (χ4v) is 4.21. The first-order valence-electron chi connectivity index (χ1n) is 5.31. The Morgan fingerprint density at radius 2 is 1.90 bits per heavy atom. The molecule has 0 radical (unpaired) electrons. The van der Waals surface area contributed by atoms with Crippen LogP contribution in [0.2, 0.25) is 0 Å².